The van der Waals surface area contributed by atoms with Gasteiger partial charge in [0.15, 0.2) is 11.5 Å². The van der Waals surface area contributed by atoms with Crippen molar-refractivity contribution in [3.63, 3.8) is 0 Å². The van der Waals surface area contributed by atoms with Crippen molar-refractivity contribution in [2.45, 2.75) is 24.4 Å². The quantitative estimate of drug-likeness (QED) is 0.246. The zero-order valence-electron chi connectivity index (χ0n) is 25.8. The molecular formula is C35H31ClN4O7. The molecule has 2 aliphatic heterocycles. The van der Waals surface area contributed by atoms with Gasteiger partial charge in [0.25, 0.3) is 0 Å². The van der Waals surface area contributed by atoms with Crippen LogP contribution in [0.25, 0.3) is 6.08 Å². The van der Waals surface area contributed by atoms with E-state index >= 15 is 4.79 Å². The van der Waals surface area contributed by atoms with Gasteiger partial charge in [-0.2, -0.15) is 0 Å². The Labute approximate surface area is 274 Å². The first-order valence-electron chi connectivity index (χ1n) is 15.0. The van der Waals surface area contributed by atoms with E-state index in [-0.39, 0.29) is 30.2 Å². The van der Waals surface area contributed by atoms with Crippen molar-refractivity contribution in [3.8, 4) is 17.2 Å². The maximum Gasteiger partial charge on any atom is 0.347 e. The second kappa shape index (κ2) is 11.2. The number of methoxy groups -OCH3 is 2. The highest BCUT2D eigenvalue weighted by Crippen LogP contribution is 2.59. The van der Waals surface area contributed by atoms with Crippen LogP contribution in [0.5, 0.6) is 17.2 Å². The van der Waals surface area contributed by atoms with Crippen LogP contribution in [0.1, 0.15) is 23.6 Å². The first-order chi connectivity index (χ1) is 22.6. The predicted molar refractivity (Wildman–Crippen MR) is 175 cm³/mol. The van der Waals surface area contributed by atoms with E-state index < -0.39 is 46.5 Å². The number of allylic oxidation sites excluding steroid dienone is 3. The fourth-order valence-electron chi connectivity index (χ4n) is 7.58. The van der Waals surface area contributed by atoms with Gasteiger partial charge >= 0.3 is 11.4 Å². The van der Waals surface area contributed by atoms with Crippen molar-refractivity contribution in [1.82, 2.24) is 13.9 Å². The van der Waals surface area contributed by atoms with Gasteiger partial charge in [-0.1, -0.05) is 66.2 Å². The number of aromatic nitrogens is 3. The van der Waals surface area contributed by atoms with E-state index in [0.717, 1.165) is 10.1 Å². The van der Waals surface area contributed by atoms with E-state index in [0.29, 0.717) is 21.8 Å². The number of anilines is 1. The molecule has 0 bridgehead atoms. The number of carbonyl (C=O) groups excluding carboxylic acids is 2. The molecule has 0 radical (unpaired) electrons. The maximum atomic E-state index is 15.1. The lowest BCUT2D eigenvalue weighted by molar-refractivity contribution is -0.124. The first kappa shape index (κ1) is 30.4. The van der Waals surface area contributed by atoms with E-state index in [1.807, 2.05) is 42.5 Å². The summed E-state index contributed by atoms with van der Waals surface area (Å²) in [7, 11) is 4.29. The Hall–Kier alpha value is -5.29. The van der Waals surface area contributed by atoms with E-state index in [1.54, 1.807) is 42.5 Å². The average Bonchev–Trinajstić information content (AvgIpc) is 3.45. The van der Waals surface area contributed by atoms with Crippen LogP contribution in [0.4, 0.5) is 5.69 Å². The van der Waals surface area contributed by atoms with Crippen LogP contribution in [0.2, 0.25) is 5.02 Å². The average molecular weight is 655 g/mol. The Bertz CT molecular complexity index is 2100. The van der Waals surface area contributed by atoms with Crippen molar-refractivity contribution >= 4 is 35.2 Å². The number of imide groups is 1. The molecule has 12 heteroatoms. The Balaban J connectivity index is 1.50. The summed E-state index contributed by atoms with van der Waals surface area (Å²) in [6.07, 6.45) is 5.64. The van der Waals surface area contributed by atoms with Crippen molar-refractivity contribution in [2.75, 3.05) is 19.1 Å². The molecule has 1 aromatic heterocycles. The van der Waals surface area contributed by atoms with E-state index in [9.17, 15) is 19.5 Å². The van der Waals surface area contributed by atoms with Gasteiger partial charge in [-0.15, -0.1) is 0 Å². The van der Waals surface area contributed by atoms with Gasteiger partial charge in [0.2, 0.25) is 17.6 Å². The van der Waals surface area contributed by atoms with Crippen molar-refractivity contribution in [1.29, 1.82) is 0 Å². The zero-order chi connectivity index (χ0) is 33.2. The largest absolute Gasteiger partial charge is 0.502 e. The predicted octanol–water partition coefficient (Wildman–Crippen LogP) is 4.07. The smallest absolute Gasteiger partial charge is 0.347 e. The minimum atomic E-state index is -1.41. The molecule has 47 heavy (non-hydrogen) atoms. The molecular weight excluding hydrogens is 624 g/mol. The minimum absolute atomic E-state index is 0.108. The lowest BCUT2D eigenvalue weighted by atomic mass is 9.54. The maximum absolute atomic E-state index is 15.1. The van der Waals surface area contributed by atoms with Crippen molar-refractivity contribution in [3.05, 3.63) is 122 Å². The number of carbonyl (C=O) groups is 2. The topological polar surface area (TPSA) is 125 Å². The highest BCUT2D eigenvalue weighted by atomic mass is 35.5. The van der Waals surface area contributed by atoms with Crippen molar-refractivity contribution < 1.29 is 24.2 Å². The van der Waals surface area contributed by atoms with Crippen molar-refractivity contribution in [2.24, 2.45) is 18.9 Å². The van der Waals surface area contributed by atoms with Gasteiger partial charge in [-0.25, -0.2) is 28.4 Å². The summed E-state index contributed by atoms with van der Waals surface area (Å²) in [5.41, 5.74) is -0.0458. The summed E-state index contributed by atoms with van der Waals surface area (Å²) in [4.78, 5) is 57.4. The number of phenols is 1. The summed E-state index contributed by atoms with van der Waals surface area (Å²) in [6.45, 7) is 0.113. The summed E-state index contributed by atoms with van der Waals surface area (Å²) < 4.78 is 14.6. The highest BCUT2D eigenvalue weighted by Gasteiger charge is 2.67. The molecule has 240 valence electrons. The van der Waals surface area contributed by atoms with Crippen LogP contribution in [-0.2, 0) is 28.6 Å². The molecule has 1 aliphatic carbocycles. The highest BCUT2D eigenvalue weighted by molar-refractivity contribution is 6.32. The number of rotatable bonds is 6. The van der Waals surface area contributed by atoms with Crippen LogP contribution in [0, 0.1) is 11.8 Å². The van der Waals surface area contributed by atoms with E-state index in [4.69, 9.17) is 21.1 Å². The number of benzene rings is 3. The minimum Gasteiger partial charge on any atom is -0.502 e. The third kappa shape index (κ3) is 4.33. The second-order valence-electron chi connectivity index (χ2n) is 11.9. The van der Waals surface area contributed by atoms with Crippen LogP contribution in [-0.4, -0.2) is 45.1 Å². The standard InChI is InChI=1S/C35H31ClN4O7/c1-37-33(44)38-15-14-24-25(13-12-20-16-28(46-2)30(41)29(17-20)47-3)35(21-8-5-4-6-9-21)26(19-27(24)40(38)34(37)45)31(42)39(32(35)43)23-11-7-10-22(36)18-23/h4-14,16-18,25-27,41H,15,19H2,1-3H3/t25-,26-,27+,35-/m0/s1. The van der Waals surface area contributed by atoms with Crippen LogP contribution in [0.3, 0.4) is 0 Å². The van der Waals surface area contributed by atoms with E-state index in [2.05, 4.69) is 0 Å². The fraction of sp³-hybridized carbons (Fsp3) is 0.257. The number of hydrogen-bond acceptors (Lipinski definition) is 7. The van der Waals surface area contributed by atoms with Gasteiger partial charge in [0, 0.05) is 18.0 Å². The number of ether oxygens (including phenoxy) is 2. The molecule has 4 aromatic rings. The number of amides is 2. The number of hydrogen-bond donors (Lipinski definition) is 1. The molecule has 2 amide bonds. The Morgan fingerprint density at radius 2 is 1.64 bits per heavy atom. The number of halogens is 1. The van der Waals surface area contributed by atoms with E-state index in [1.165, 1.54) is 35.5 Å². The molecule has 3 aliphatic rings. The van der Waals surface area contributed by atoms with Gasteiger partial charge < -0.3 is 14.6 Å². The monoisotopic (exact) mass is 654 g/mol. The third-order valence-corrected chi connectivity index (χ3v) is 9.90. The first-order valence-corrected chi connectivity index (χ1v) is 15.4. The molecule has 2 fully saturated rings. The Morgan fingerprint density at radius 1 is 0.936 bits per heavy atom. The fourth-order valence-corrected chi connectivity index (χ4v) is 7.76. The van der Waals surface area contributed by atoms with Gasteiger partial charge in [-0.05, 0) is 53.5 Å². The molecule has 0 unspecified atom stereocenters. The third-order valence-electron chi connectivity index (χ3n) is 9.67. The molecule has 3 aromatic carbocycles. The number of fused-ring (bicyclic) bond motifs is 4. The van der Waals surface area contributed by atoms with Crippen LogP contribution < -0.4 is 25.8 Å². The Morgan fingerprint density at radius 3 is 2.30 bits per heavy atom. The molecule has 1 N–H and O–H groups in total. The normalized spacial score (nSPS) is 23.4. The molecule has 3 heterocycles. The number of nitrogens with zero attached hydrogens (tertiary/aromatic N) is 4. The van der Waals surface area contributed by atoms with Gasteiger partial charge in [0.1, 0.15) is 0 Å². The molecule has 4 atom stereocenters. The van der Waals surface area contributed by atoms with Gasteiger partial charge in [0.05, 0.1) is 43.8 Å². The molecule has 0 spiro atoms. The summed E-state index contributed by atoms with van der Waals surface area (Å²) in [5, 5.41) is 10.9. The van der Waals surface area contributed by atoms with Crippen LogP contribution >= 0.6 is 11.6 Å². The number of phenolic OH excluding ortho intramolecular Hbond substituents is 1. The molecule has 11 nitrogen and oxygen atoms in total. The lowest BCUT2D eigenvalue weighted by Gasteiger charge is -2.48. The SMILES string of the molecule is COc1cc(C=C[C@H]2C3=CCn4c(=O)n(C)c(=O)n4[C@@H]3C[C@H]3C(=O)N(c4cccc(Cl)c4)C(=O)[C@@]23c2ccccc2)cc(OC)c1O. The molecule has 1 saturated carbocycles. The number of aromatic hydroxyl groups is 1. The zero-order valence-corrected chi connectivity index (χ0v) is 26.5. The lowest BCUT2D eigenvalue weighted by Crippen LogP contribution is -2.53. The molecule has 7 rings (SSSR count). The van der Waals surface area contributed by atoms with Crippen LogP contribution in [0.15, 0.2) is 94.0 Å². The summed E-state index contributed by atoms with van der Waals surface area (Å²) in [5.74, 6) is -2.26. The summed E-state index contributed by atoms with van der Waals surface area (Å²) in [6, 6.07) is 18.4. The molecule has 1 saturated heterocycles. The summed E-state index contributed by atoms with van der Waals surface area (Å²) >= 11 is 6.34. The van der Waals surface area contributed by atoms with Gasteiger partial charge in [-0.3, -0.25) is 9.59 Å². The second-order valence-corrected chi connectivity index (χ2v) is 12.3. The Kier molecular flexibility index (Phi) is 7.24.